The third-order valence-electron chi connectivity index (χ3n) is 2.25. The summed E-state index contributed by atoms with van der Waals surface area (Å²) in [7, 11) is -3.68. The number of nitrogens with zero attached hydrogens (tertiary/aromatic N) is 1. The van der Waals surface area contributed by atoms with Gasteiger partial charge in [0, 0.05) is 11.4 Å². The normalized spacial score (nSPS) is 11.5. The number of hydrogen-bond donors (Lipinski definition) is 0. The van der Waals surface area contributed by atoms with E-state index in [0.29, 0.717) is 0 Å². The molecule has 5 nitrogen and oxygen atoms in total. The fourth-order valence-corrected chi connectivity index (χ4v) is 4.21. The third-order valence-corrected chi connectivity index (χ3v) is 5.53. The molecule has 106 valence electrons. The van der Waals surface area contributed by atoms with Crippen molar-refractivity contribution in [1.82, 2.24) is 4.31 Å². The van der Waals surface area contributed by atoms with Gasteiger partial charge in [-0.2, -0.15) is 4.31 Å². The lowest BCUT2D eigenvalue weighted by Gasteiger charge is -2.18. The van der Waals surface area contributed by atoms with Crippen LogP contribution in [0.4, 0.5) is 0 Å². The zero-order chi connectivity index (χ0) is 14.5. The molecule has 0 fully saturated rings. The maximum atomic E-state index is 12.4. The quantitative estimate of drug-likeness (QED) is 0.569. The van der Waals surface area contributed by atoms with E-state index in [-0.39, 0.29) is 23.9 Å². The lowest BCUT2D eigenvalue weighted by molar-refractivity contribution is -0.143. The first-order chi connectivity index (χ1) is 8.91. The summed E-state index contributed by atoms with van der Waals surface area (Å²) in [5.41, 5.74) is 0. The van der Waals surface area contributed by atoms with Crippen molar-refractivity contribution >= 4 is 27.3 Å². The Morgan fingerprint density at radius 2 is 2.21 bits per heavy atom. The van der Waals surface area contributed by atoms with Crippen LogP contribution in [0.5, 0.6) is 0 Å². The highest BCUT2D eigenvalue weighted by Crippen LogP contribution is 2.24. The number of thiophene rings is 1. The SMILES string of the molecule is C=CCN(CC(=O)OCC)S(=O)(=O)c1ccc(C)s1. The molecule has 0 aliphatic heterocycles. The van der Waals surface area contributed by atoms with Gasteiger partial charge in [0.15, 0.2) is 0 Å². The summed E-state index contributed by atoms with van der Waals surface area (Å²) in [6, 6.07) is 3.27. The largest absolute Gasteiger partial charge is 0.465 e. The number of sulfonamides is 1. The molecule has 1 aromatic heterocycles. The molecular formula is C12H17NO4S2. The van der Waals surface area contributed by atoms with Gasteiger partial charge in [0.1, 0.15) is 10.8 Å². The van der Waals surface area contributed by atoms with Gasteiger partial charge in [-0.15, -0.1) is 17.9 Å². The van der Waals surface area contributed by atoms with E-state index in [9.17, 15) is 13.2 Å². The number of rotatable bonds is 7. The molecule has 0 saturated carbocycles. The van der Waals surface area contributed by atoms with Crippen molar-refractivity contribution < 1.29 is 17.9 Å². The summed E-state index contributed by atoms with van der Waals surface area (Å²) in [6.07, 6.45) is 1.44. The minimum absolute atomic E-state index is 0.0676. The molecule has 19 heavy (non-hydrogen) atoms. The Labute approximate surface area is 117 Å². The predicted molar refractivity (Wildman–Crippen MR) is 74.6 cm³/mol. The number of esters is 1. The van der Waals surface area contributed by atoms with Gasteiger partial charge in [-0.25, -0.2) is 8.42 Å². The second-order valence-electron chi connectivity index (χ2n) is 3.76. The van der Waals surface area contributed by atoms with E-state index in [1.807, 2.05) is 6.92 Å². The van der Waals surface area contributed by atoms with E-state index in [2.05, 4.69) is 6.58 Å². The molecule has 0 amide bonds. The lowest BCUT2D eigenvalue weighted by Crippen LogP contribution is -2.36. The minimum Gasteiger partial charge on any atom is -0.465 e. The van der Waals surface area contributed by atoms with Crippen molar-refractivity contribution in [3.63, 3.8) is 0 Å². The molecule has 0 bridgehead atoms. The highest BCUT2D eigenvalue weighted by molar-refractivity contribution is 7.91. The number of aryl methyl sites for hydroxylation is 1. The van der Waals surface area contributed by atoms with E-state index in [4.69, 9.17) is 4.74 Å². The predicted octanol–water partition coefficient (Wildman–Crippen LogP) is 1.80. The van der Waals surface area contributed by atoms with Crippen LogP contribution in [-0.2, 0) is 19.6 Å². The number of ether oxygens (including phenoxy) is 1. The van der Waals surface area contributed by atoms with Crippen LogP contribution in [0.2, 0.25) is 0 Å². The first-order valence-electron chi connectivity index (χ1n) is 5.75. The fourth-order valence-electron chi connectivity index (χ4n) is 1.42. The van der Waals surface area contributed by atoms with Gasteiger partial charge in [0.05, 0.1) is 6.61 Å². The van der Waals surface area contributed by atoms with Crippen LogP contribution in [0.3, 0.4) is 0 Å². The average Bonchev–Trinajstić information content (AvgIpc) is 2.76. The highest BCUT2D eigenvalue weighted by Gasteiger charge is 2.27. The van der Waals surface area contributed by atoms with Crippen molar-refractivity contribution in [2.75, 3.05) is 19.7 Å². The maximum absolute atomic E-state index is 12.4. The second-order valence-corrected chi connectivity index (χ2v) is 7.21. The topological polar surface area (TPSA) is 63.7 Å². The molecule has 0 saturated heterocycles. The number of hydrogen-bond acceptors (Lipinski definition) is 5. The molecule has 1 aromatic rings. The van der Waals surface area contributed by atoms with Crippen LogP contribution in [-0.4, -0.2) is 38.4 Å². The monoisotopic (exact) mass is 303 g/mol. The van der Waals surface area contributed by atoms with Crippen LogP contribution in [0.15, 0.2) is 29.0 Å². The van der Waals surface area contributed by atoms with E-state index < -0.39 is 16.0 Å². The summed E-state index contributed by atoms with van der Waals surface area (Å²) in [5.74, 6) is -0.568. The number of carbonyl (C=O) groups is 1. The summed E-state index contributed by atoms with van der Waals surface area (Å²) in [6.45, 7) is 6.99. The minimum atomic E-state index is -3.68. The van der Waals surface area contributed by atoms with Gasteiger partial charge >= 0.3 is 5.97 Å². The molecule has 0 aliphatic rings. The Balaban J connectivity index is 2.97. The van der Waals surface area contributed by atoms with Gasteiger partial charge < -0.3 is 4.74 Å². The zero-order valence-corrected chi connectivity index (χ0v) is 12.6. The standard InChI is InChI=1S/C12H17NO4S2/c1-4-8-13(9-11(14)17-5-2)19(15,16)12-7-6-10(3)18-12/h4,6-7H,1,5,8-9H2,2-3H3. The summed E-state index contributed by atoms with van der Waals surface area (Å²) in [4.78, 5) is 12.3. The molecule has 1 heterocycles. The van der Waals surface area contributed by atoms with Gasteiger partial charge in [-0.3, -0.25) is 4.79 Å². The smallest absolute Gasteiger partial charge is 0.321 e. The third kappa shape index (κ3) is 4.15. The van der Waals surface area contributed by atoms with Gasteiger partial charge in [0.2, 0.25) is 0 Å². The van der Waals surface area contributed by atoms with Gasteiger partial charge in [-0.05, 0) is 26.0 Å². The lowest BCUT2D eigenvalue weighted by atomic mass is 10.5. The molecular weight excluding hydrogens is 286 g/mol. The molecule has 0 aliphatic carbocycles. The van der Waals surface area contributed by atoms with Crippen LogP contribution in [0.25, 0.3) is 0 Å². The van der Waals surface area contributed by atoms with E-state index in [0.717, 1.165) is 9.18 Å². The molecule has 0 atom stereocenters. The Hall–Kier alpha value is -1.18. The van der Waals surface area contributed by atoms with Crippen molar-refractivity contribution in [3.8, 4) is 0 Å². The van der Waals surface area contributed by atoms with Crippen LogP contribution in [0, 0.1) is 6.92 Å². The average molecular weight is 303 g/mol. The maximum Gasteiger partial charge on any atom is 0.321 e. The number of carbonyl (C=O) groups excluding carboxylic acids is 1. The molecule has 0 radical (unpaired) electrons. The molecule has 1 rings (SSSR count). The van der Waals surface area contributed by atoms with Crippen molar-refractivity contribution in [3.05, 3.63) is 29.7 Å². The van der Waals surface area contributed by atoms with Crippen LogP contribution in [0.1, 0.15) is 11.8 Å². The highest BCUT2D eigenvalue weighted by atomic mass is 32.2. The summed E-state index contributed by atoms with van der Waals surface area (Å²) < 4.78 is 30.8. The Kier molecular flexibility index (Phi) is 5.71. The van der Waals surface area contributed by atoms with Gasteiger partial charge in [-0.1, -0.05) is 6.08 Å². The molecule has 7 heteroatoms. The first kappa shape index (κ1) is 15.9. The van der Waals surface area contributed by atoms with E-state index in [1.165, 1.54) is 23.5 Å². The first-order valence-corrected chi connectivity index (χ1v) is 8.00. The summed E-state index contributed by atoms with van der Waals surface area (Å²) in [5, 5.41) is 0. The molecule has 0 aromatic carbocycles. The molecule has 0 unspecified atom stereocenters. The molecule has 0 spiro atoms. The van der Waals surface area contributed by atoms with Crippen molar-refractivity contribution in [2.45, 2.75) is 18.1 Å². The summed E-state index contributed by atoms with van der Waals surface area (Å²) >= 11 is 1.17. The van der Waals surface area contributed by atoms with Crippen molar-refractivity contribution in [1.29, 1.82) is 0 Å². The van der Waals surface area contributed by atoms with Gasteiger partial charge in [0.25, 0.3) is 10.0 Å². The Morgan fingerprint density at radius 1 is 1.53 bits per heavy atom. The van der Waals surface area contributed by atoms with Crippen LogP contribution < -0.4 is 0 Å². The van der Waals surface area contributed by atoms with E-state index in [1.54, 1.807) is 13.0 Å². The second kappa shape index (κ2) is 6.83. The Morgan fingerprint density at radius 3 is 2.68 bits per heavy atom. The Bertz CT molecular complexity index is 548. The fraction of sp³-hybridized carbons (Fsp3) is 0.417. The van der Waals surface area contributed by atoms with Crippen LogP contribution >= 0.6 is 11.3 Å². The van der Waals surface area contributed by atoms with E-state index >= 15 is 0 Å². The van der Waals surface area contributed by atoms with Crippen molar-refractivity contribution in [2.24, 2.45) is 0 Å². The zero-order valence-electron chi connectivity index (χ0n) is 11.0. The molecule has 0 N–H and O–H groups in total.